The number of thiophene rings is 1. The standard InChI is InChI=1S/C25H31N5O9S2/c1-28-10-3-5-17(28)23(33)26-16-9-11-29(22(16)25(36)37)19(31)6-2-7-20(32)30-14-15(13-18(30)24(34)35)27-41(38,39)21-8-4-12-40-21/h3-5,8,10,12,15-16,18,22,27H,2,6-7,9,11,13-14H2,1H3,(H,26,33)(H,34,35)(H,36,37)/p-2/t15-,16-,18-,22-/m0/s1. The highest BCUT2D eigenvalue weighted by molar-refractivity contribution is 7.91. The van der Waals surface area contributed by atoms with Gasteiger partial charge in [0.05, 0.1) is 30.1 Å². The van der Waals surface area contributed by atoms with Gasteiger partial charge in [-0.2, -0.15) is 0 Å². The molecule has 2 fully saturated rings. The average molecular weight is 608 g/mol. The summed E-state index contributed by atoms with van der Waals surface area (Å²) in [7, 11) is -2.22. The van der Waals surface area contributed by atoms with Crippen LogP contribution in [0.2, 0.25) is 0 Å². The minimum absolute atomic E-state index is 0.00380. The van der Waals surface area contributed by atoms with Crippen LogP contribution in [-0.2, 0) is 36.2 Å². The van der Waals surface area contributed by atoms with E-state index >= 15 is 0 Å². The number of hydrogen-bond acceptors (Lipinski definition) is 10. The number of amides is 3. The van der Waals surface area contributed by atoms with Crippen LogP contribution < -0.4 is 20.3 Å². The molecule has 222 valence electrons. The number of aromatic nitrogens is 1. The fourth-order valence-electron chi connectivity index (χ4n) is 5.25. The SMILES string of the molecule is Cn1cccc1C(=O)N[C@H]1CCN(C(=O)CCCC(=O)N2C[C@@H](NS(=O)(=O)c3cccs3)C[C@H]2C(=O)[O-])[C@@H]1C(=O)[O-]. The van der Waals surface area contributed by atoms with Crippen molar-refractivity contribution in [1.29, 1.82) is 0 Å². The second-order valence-electron chi connectivity index (χ2n) is 9.94. The molecule has 0 saturated carbocycles. The molecule has 3 amide bonds. The van der Waals surface area contributed by atoms with Gasteiger partial charge in [0, 0.05) is 45.2 Å². The van der Waals surface area contributed by atoms with Crippen molar-refractivity contribution in [2.24, 2.45) is 7.05 Å². The second-order valence-corrected chi connectivity index (χ2v) is 12.8. The minimum Gasteiger partial charge on any atom is -0.548 e. The Kier molecular flexibility index (Phi) is 9.14. The van der Waals surface area contributed by atoms with Crippen LogP contribution >= 0.6 is 11.3 Å². The van der Waals surface area contributed by atoms with E-state index in [9.17, 15) is 42.6 Å². The molecule has 0 spiro atoms. The Labute approximate surface area is 240 Å². The highest BCUT2D eigenvalue weighted by Crippen LogP contribution is 2.24. The molecule has 16 heteroatoms. The molecule has 0 bridgehead atoms. The van der Waals surface area contributed by atoms with Crippen LogP contribution in [0.15, 0.2) is 40.1 Å². The van der Waals surface area contributed by atoms with Crippen LogP contribution in [0.1, 0.15) is 42.6 Å². The number of carbonyl (C=O) groups excluding carboxylic acids is 5. The number of sulfonamides is 1. The van der Waals surface area contributed by atoms with Crippen LogP contribution in [0.25, 0.3) is 0 Å². The maximum Gasteiger partial charge on any atom is 0.268 e. The van der Waals surface area contributed by atoms with E-state index < -0.39 is 63.9 Å². The lowest BCUT2D eigenvalue weighted by Gasteiger charge is -2.29. The number of likely N-dealkylation sites (tertiary alicyclic amines) is 2. The summed E-state index contributed by atoms with van der Waals surface area (Å²) in [5.41, 5.74) is 0.323. The number of carbonyl (C=O) groups is 5. The van der Waals surface area contributed by atoms with Gasteiger partial charge < -0.3 is 39.5 Å². The molecule has 2 aromatic heterocycles. The predicted molar refractivity (Wildman–Crippen MR) is 139 cm³/mol. The number of carboxylic acids is 2. The summed E-state index contributed by atoms with van der Waals surface area (Å²) in [4.78, 5) is 64.0. The van der Waals surface area contributed by atoms with Gasteiger partial charge in [-0.1, -0.05) is 6.07 Å². The van der Waals surface area contributed by atoms with Gasteiger partial charge in [-0.15, -0.1) is 11.3 Å². The molecule has 2 saturated heterocycles. The van der Waals surface area contributed by atoms with Crippen molar-refractivity contribution in [2.45, 2.75) is 60.5 Å². The van der Waals surface area contributed by atoms with E-state index in [1.54, 1.807) is 41.4 Å². The van der Waals surface area contributed by atoms with E-state index in [1.165, 1.54) is 6.07 Å². The minimum atomic E-state index is -3.89. The van der Waals surface area contributed by atoms with Gasteiger partial charge in [0.25, 0.3) is 5.91 Å². The Hall–Kier alpha value is -3.76. The van der Waals surface area contributed by atoms with Gasteiger partial charge in [-0.3, -0.25) is 14.4 Å². The van der Waals surface area contributed by atoms with Crippen LogP contribution in [0, 0.1) is 0 Å². The smallest absolute Gasteiger partial charge is 0.268 e. The summed E-state index contributed by atoms with van der Waals surface area (Å²) in [6.07, 6.45) is 1.26. The van der Waals surface area contributed by atoms with Gasteiger partial charge in [-0.05, 0) is 42.8 Å². The Morgan fingerprint density at radius 2 is 1.73 bits per heavy atom. The first-order chi connectivity index (χ1) is 19.4. The van der Waals surface area contributed by atoms with Gasteiger partial charge in [0.2, 0.25) is 21.8 Å². The van der Waals surface area contributed by atoms with Gasteiger partial charge >= 0.3 is 0 Å². The van der Waals surface area contributed by atoms with Gasteiger partial charge in [0.1, 0.15) is 9.90 Å². The molecule has 0 aliphatic carbocycles. The van der Waals surface area contributed by atoms with Crippen LogP contribution in [0.4, 0.5) is 0 Å². The highest BCUT2D eigenvalue weighted by Gasteiger charge is 2.40. The zero-order valence-electron chi connectivity index (χ0n) is 22.1. The topological polar surface area (TPSA) is 201 Å². The number of nitrogens with zero attached hydrogens (tertiary/aromatic N) is 3. The number of rotatable bonds is 11. The van der Waals surface area contributed by atoms with E-state index in [0.717, 1.165) is 21.1 Å². The molecule has 4 heterocycles. The van der Waals surface area contributed by atoms with Crippen molar-refractivity contribution in [1.82, 2.24) is 24.4 Å². The van der Waals surface area contributed by atoms with Crippen molar-refractivity contribution < 1.29 is 42.6 Å². The second kappa shape index (κ2) is 12.4. The first-order valence-electron chi connectivity index (χ1n) is 12.9. The number of nitrogens with one attached hydrogen (secondary N) is 2. The van der Waals surface area contributed by atoms with Crippen LogP contribution in [-0.4, -0.2) is 89.7 Å². The molecule has 0 radical (unpaired) electrons. The monoisotopic (exact) mass is 607 g/mol. The van der Waals surface area contributed by atoms with Crippen molar-refractivity contribution in [3.8, 4) is 0 Å². The summed E-state index contributed by atoms with van der Waals surface area (Å²) >= 11 is 0.998. The van der Waals surface area contributed by atoms with E-state index in [-0.39, 0.29) is 49.4 Å². The molecule has 2 N–H and O–H groups in total. The first kappa shape index (κ1) is 30.2. The van der Waals surface area contributed by atoms with E-state index in [2.05, 4.69) is 10.0 Å². The fraction of sp³-hybridized carbons (Fsp3) is 0.480. The molecule has 14 nitrogen and oxygen atoms in total. The molecule has 0 unspecified atom stereocenters. The molecule has 4 rings (SSSR count). The number of carboxylic acid groups (broad SMARTS) is 2. The van der Waals surface area contributed by atoms with Gasteiger partial charge in [-0.25, -0.2) is 13.1 Å². The summed E-state index contributed by atoms with van der Waals surface area (Å²) < 4.78 is 29.1. The highest BCUT2D eigenvalue weighted by atomic mass is 32.2. The van der Waals surface area contributed by atoms with Gasteiger partial charge in [0.15, 0.2) is 0 Å². The molecule has 2 aromatic rings. The Morgan fingerprint density at radius 1 is 1.02 bits per heavy atom. The van der Waals surface area contributed by atoms with Crippen molar-refractivity contribution >= 4 is 51.0 Å². The quantitative estimate of drug-likeness (QED) is 0.275. The summed E-state index contributed by atoms with van der Waals surface area (Å²) in [5.74, 6) is -4.69. The van der Waals surface area contributed by atoms with E-state index in [0.29, 0.717) is 5.69 Å². The van der Waals surface area contributed by atoms with E-state index in [1.807, 2.05) is 0 Å². The molecular formula is C25H29N5O9S2-2. The Bertz CT molecular complexity index is 1420. The predicted octanol–water partition coefficient (Wildman–Crippen LogP) is -2.60. The fourth-order valence-corrected chi connectivity index (χ4v) is 7.50. The normalized spacial score (nSPS) is 22.6. The number of aliphatic carboxylic acids is 2. The largest absolute Gasteiger partial charge is 0.548 e. The van der Waals surface area contributed by atoms with Crippen molar-refractivity contribution in [3.05, 3.63) is 41.5 Å². The van der Waals surface area contributed by atoms with Crippen LogP contribution in [0.3, 0.4) is 0 Å². The lowest BCUT2D eigenvalue weighted by molar-refractivity contribution is -0.312. The van der Waals surface area contributed by atoms with E-state index in [4.69, 9.17) is 0 Å². The maximum atomic E-state index is 12.9. The zero-order valence-corrected chi connectivity index (χ0v) is 23.7. The number of aryl methyl sites for hydroxylation is 1. The van der Waals surface area contributed by atoms with Crippen LogP contribution in [0.5, 0.6) is 0 Å². The third-order valence-electron chi connectivity index (χ3n) is 7.21. The van der Waals surface area contributed by atoms with Crippen molar-refractivity contribution in [2.75, 3.05) is 13.1 Å². The molecule has 2 aliphatic heterocycles. The lowest BCUT2D eigenvalue weighted by atomic mass is 10.1. The zero-order chi connectivity index (χ0) is 29.9. The molecule has 2 aliphatic rings. The molecular weight excluding hydrogens is 578 g/mol. The summed E-state index contributed by atoms with van der Waals surface area (Å²) in [5, 5.41) is 27.8. The maximum absolute atomic E-state index is 12.9. The summed E-state index contributed by atoms with van der Waals surface area (Å²) in [6, 6.07) is 1.77. The molecule has 0 aromatic carbocycles. The Balaban J connectivity index is 1.31. The third kappa shape index (κ3) is 6.77. The molecule has 4 atom stereocenters. The molecule has 41 heavy (non-hydrogen) atoms. The Morgan fingerprint density at radius 3 is 2.32 bits per heavy atom. The first-order valence-corrected chi connectivity index (χ1v) is 15.2. The number of hydrogen-bond donors (Lipinski definition) is 2. The summed E-state index contributed by atoms with van der Waals surface area (Å²) in [6.45, 7) is -0.119. The average Bonchev–Trinajstić information content (AvgIpc) is 3.69. The van der Waals surface area contributed by atoms with Crippen molar-refractivity contribution in [3.63, 3.8) is 0 Å². The third-order valence-corrected chi connectivity index (χ3v) is 10.1. The lowest BCUT2D eigenvalue weighted by Crippen LogP contribution is -2.55.